The molecule has 0 bridgehead atoms. The molecule has 27 heavy (non-hydrogen) atoms. The van der Waals surface area contributed by atoms with Gasteiger partial charge in [0.05, 0.1) is 10.6 Å². The molecule has 0 radical (unpaired) electrons. The lowest BCUT2D eigenvalue weighted by Gasteiger charge is -2.31. The molecule has 0 aliphatic carbocycles. The molecule has 3 aromatic rings. The topological polar surface area (TPSA) is 68.0 Å². The molecular weight excluding hydrogens is 361 g/mol. The maximum atomic E-state index is 13.4. The minimum atomic E-state index is -0.366. The lowest BCUT2D eigenvalue weighted by atomic mass is 9.73. The first kappa shape index (κ1) is 19.3. The zero-order valence-electron chi connectivity index (χ0n) is 16.2. The van der Waals surface area contributed by atoms with Gasteiger partial charge in [0.1, 0.15) is 5.82 Å². The summed E-state index contributed by atoms with van der Waals surface area (Å²) in [4.78, 5) is 12.1. The first-order valence-electron chi connectivity index (χ1n) is 8.80. The number of hydrogen-bond donors (Lipinski definition) is 2. The standard InChI is InChI=1S/C21H24FN3OS/c1-11-8-14(9-12(2)17(11)18(19(23)26)21(3,4)5)24-20-15-7-6-13(22)10-16(15)27-25-20/h6-10,18H,1-5H3,(H2,23,26)(H,24,25). The molecule has 6 heteroatoms. The minimum Gasteiger partial charge on any atom is -0.369 e. The van der Waals surface area contributed by atoms with Gasteiger partial charge in [-0.05, 0) is 77.8 Å². The van der Waals surface area contributed by atoms with Gasteiger partial charge in [-0.25, -0.2) is 4.39 Å². The molecule has 1 atom stereocenters. The van der Waals surface area contributed by atoms with Gasteiger partial charge in [0.15, 0.2) is 5.82 Å². The lowest BCUT2D eigenvalue weighted by Crippen LogP contribution is -2.33. The summed E-state index contributed by atoms with van der Waals surface area (Å²) in [5, 5.41) is 4.20. The van der Waals surface area contributed by atoms with E-state index in [0.717, 1.165) is 32.5 Å². The van der Waals surface area contributed by atoms with Crippen LogP contribution in [0, 0.1) is 25.1 Å². The van der Waals surface area contributed by atoms with Crippen LogP contribution < -0.4 is 11.1 Å². The molecule has 0 spiro atoms. The molecule has 0 aliphatic heterocycles. The van der Waals surface area contributed by atoms with E-state index in [0.29, 0.717) is 5.82 Å². The van der Waals surface area contributed by atoms with Gasteiger partial charge in [0.25, 0.3) is 0 Å². The molecule has 1 aromatic heterocycles. The summed E-state index contributed by atoms with van der Waals surface area (Å²) in [6.45, 7) is 10.0. The van der Waals surface area contributed by atoms with Crippen LogP contribution in [0.5, 0.6) is 0 Å². The van der Waals surface area contributed by atoms with E-state index in [2.05, 4.69) is 9.69 Å². The van der Waals surface area contributed by atoms with E-state index in [4.69, 9.17) is 5.73 Å². The number of nitrogens with zero attached hydrogens (tertiary/aromatic N) is 1. The van der Waals surface area contributed by atoms with Gasteiger partial charge in [0, 0.05) is 11.1 Å². The smallest absolute Gasteiger partial charge is 0.225 e. The van der Waals surface area contributed by atoms with Gasteiger partial charge < -0.3 is 11.1 Å². The fourth-order valence-electron chi connectivity index (χ4n) is 3.64. The Morgan fingerprint density at radius 2 is 1.81 bits per heavy atom. The highest BCUT2D eigenvalue weighted by molar-refractivity contribution is 7.13. The zero-order valence-corrected chi connectivity index (χ0v) is 17.0. The Bertz CT molecular complexity index is 997. The molecule has 0 aliphatic rings. The summed E-state index contributed by atoms with van der Waals surface area (Å²) < 4.78 is 18.6. The van der Waals surface area contributed by atoms with Crippen molar-refractivity contribution in [2.45, 2.75) is 40.5 Å². The van der Waals surface area contributed by atoms with Crippen LogP contribution >= 0.6 is 11.5 Å². The number of carbonyl (C=O) groups excluding carboxylic acids is 1. The maximum absolute atomic E-state index is 13.4. The molecule has 0 saturated carbocycles. The van der Waals surface area contributed by atoms with Crippen LogP contribution in [0.15, 0.2) is 30.3 Å². The van der Waals surface area contributed by atoms with Crippen LogP contribution in [0.3, 0.4) is 0 Å². The van der Waals surface area contributed by atoms with Crippen molar-refractivity contribution in [1.29, 1.82) is 0 Å². The molecule has 0 fully saturated rings. The van der Waals surface area contributed by atoms with Gasteiger partial charge in [0.2, 0.25) is 5.91 Å². The van der Waals surface area contributed by atoms with E-state index < -0.39 is 0 Å². The highest BCUT2D eigenvalue weighted by Gasteiger charge is 2.33. The Labute approximate surface area is 162 Å². The van der Waals surface area contributed by atoms with Crippen LogP contribution in [0.4, 0.5) is 15.9 Å². The fraction of sp³-hybridized carbons (Fsp3) is 0.333. The molecule has 3 N–H and O–H groups in total. The lowest BCUT2D eigenvalue weighted by molar-refractivity contribution is -0.121. The molecule has 1 amide bonds. The van der Waals surface area contributed by atoms with Gasteiger partial charge in [-0.3, -0.25) is 4.79 Å². The fourth-order valence-corrected chi connectivity index (χ4v) is 4.40. The zero-order chi connectivity index (χ0) is 19.9. The number of rotatable bonds is 4. The van der Waals surface area contributed by atoms with E-state index in [1.807, 2.05) is 46.8 Å². The quantitative estimate of drug-likeness (QED) is 0.631. The van der Waals surface area contributed by atoms with Crippen molar-refractivity contribution >= 4 is 39.0 Å². The highest BCUT2D eigenvalue weighted by atomic mass is 32.1. The average molecular weight is 386 g/mol. The summed E-state index contributed by atoms with van der Waals surface area (Å²) in [6.07, 6.45) is 0. The van der Waals surface area contributed by atoms with Crippen LogP contribution in [-0.4, -0.2) is 10.3 Å². The summed E-state index contributed by atoms with van der Waals surface area (Å²) in [7, 11) is 0. The second kappa shape index (κ2) is 6.93. The summed E-state index contributed by atoms with van der Waals surface area (Å²) in [5.74, 6) is -0.256. The van der Waals surface area contributed by atoms with Crippen LogP contribution in [-0.2, 0) is 4.79 Å². The van der Waals surface area contributed by atoms with Crippen molar-refractivity contribution in [3.05, 3.63) is 52.8 Å². The second-order valence-corrected chi connectivity index (χ2v) is 8.83. The van der Waals surface area contributed by atoms with Crippen molar-refractivity contribution in [1.82, 2.24) is 4.37 Å². The number of aromatic nitrogens is 1. The third-order valence-corrected chi connectivity index (χ3v) is 5.54. The van der Waals surface area contributed by atoms with Gasteiger partial charge in [-0.1, -0.05) is 20.8 Å². The predicted octanol–water partition coefficient (Wildman–Crippen LogP) is 5.41. The van der Waals surface area contributed by atoms with Crippen molar-refractivity contribution in [3.63, 3.8) is 0 Å². The molecule has 1 unspecified atom stereocenters. The van der Waals surface area contributed by atoms with E-state index in [-0.39, 0.29) is 23.1 Å². The largest absolute Gasteiger partial charge is 0.369 e. The number of halogens is 1. The summed E-state index contributed by atoms with van der Waals surface area (Å²) >= 11 is 1.26. The Morgan fingerprint density at radius 1 is 1.19 bits per heavy atom. The Balaban J connectivity index is 2.00. The number of amides is 1. The second-order valence-electron chi connectivity index (χ2n) is 8.02. The molecule has 1 heterocycles. The minimum absolute atomic E-state index is 0.270. The molecule has 4 nitrogen and oxygen atoms in total. The molecular formula is C21H24FN3OS. The van der Waals surface area contributed by atoms with E-state index in [1.54, 1.807) is 6.07 Å². The third-order valence-electron chi connectivity index (χ3n) is 4.73. The first-order chi connectivity index (χ1) is 12.6. The Hall–Kier alpha value is -2.47. The number of fused-ring (bicyclic) bond motifs is 1. The van der Waals surface area contributed by atoms with Gasteiger partial charge in [-0.2, -0.15) is 4.37 Å². The van der Waals surface area contributed by atoms with Crippen LogP contribution in [0.1, 0.15) is 43.4 Å². The number of carbonyl (C=O) groups is 1. The highest BCUT2D eigenvalue weighted by Crippen LogP contribution is 2.39. The number of anilines is 2. The summed E-state index contributed by atoms with van der Waals surface area (Å²) in [6, 6.07) is 8.64. The van der Waals surface area contributed by atoms with Crippen LogP contribution in [0.25, 0.3) is 10.1 Å². The normalized spacial score (nSPS) is 13.0. The number of aryl methyl sites for hydroxylation is 2. The van der Waals surface area contributed by atoms with Gasteiger partial charge in [-0.15, -0.1) is 0 Å². The average Bonchev–Trinajstić information content (AvgIpc) is 2.91. The predicted molar refractivity (Wildman–Crippen MR) is 110 cm³/mol. The number of primary amides is 1. The monoisotopic (exact) mass is 385 g/mol. The summed E-state index contributed by atoms with van der Waals surface area (Å²) in [5.41, 5.74) is 9.31. The number of hydrogen-bond acceptors (Lipinski definition) is 4. The molecule has 142 valence electrons. The van der Waals surface area contributed by atoms with Crippen molar-refractivity contribution in [2.75, 3.05) is 5.32 Å². The SMILES string of the molecule is Cc1cc(Nc2nsc3cc(F)ccc23)cc(C)c1C(C(N)=O)C(C)(C)C. The molecule has 2 aromatic carbocycles. The molecule has 0 saturated heterocycles. The van der Waals surface area contributed by atoms with Crippen molar-refractivity contribution in [2.24, 2.45) is 11.1 Å². The Morgan fingerprint density at radius 3 is 2.37 bits per heavy atom. The van der Waals surface area contributed by atoms with E-state index in [9.17, 15) is 9.18 Å². The number of nitrogens with one attached hydrogen (secondary N) is 1. The third kappa shape index (κ3) is 3.81. The number of nitrogens with two attached hydrogens (primary N) is 1. The van der Waals surface area contributed by atoms with Crippen molar-refractivity contribution < 1.29 is 9.18 Å². The maximum Gasteiger partial charge on any atom is 0.225 e. The van der Waals surface area contributed by atoms with Crippen LogP contribution in [0.2, 0.25) is 0 Å². The Kier molecular flexibility index (Phi) is 4.95. The van der Waals surface area contributed by atoms with Gasteiger partial charge >= 0.3 is 0 Å². The first-order valence-corrected chi connectivity index (χ1v) is 9.57. The van der Waals surface area contributed by atoms with E-state index in [1.165, 1.54) is 23.7 Å². The number of benzene rings is 2. The molecule has 3 rings (SSSR count). The van der Waals surface area contributed by atoms with Crippen molar-refractivity contribution in [3.8, 4) is 0 Å². The van der Waals surface area contributed by atoms with E-state index >= 15 is 0 Å².